The average Bonchev–Trinajstić information content (AvgIpc) is 3.43. The van der Waals surface area contributed by atoms with Gasteiger partial charge in [-0.25, -0.2) is 22.8 Å². The molecule has 1 aromatic carbocycles. The molecule has 16 heteroatoms. The number of para-hydroxylation sites is 1. The van der Waals surface area contributed by atoms with Crippen molar-refractivity contribution in [3.8, 4) is 17.2 Å². The molecule has 0 aliphatic carbocycles. The van der Waals surface area contributed by atoms with Gasteiger partial charge in [0.25, 0.3) is 0 Å². The first kappa shape index (κ1) is 34.3. The van der Waals surface area contributed by atoms with Crippen LogP contribution in [0, 0.1) is 5.82 Å². The highest BCUT2D eigenvalue weighted by atomic mass is 32.2. The van der Waals surface area contributed by atoms with Crippen LogP contribution in [0.25, 0.3) is 5.69 Å². The molecule has 0 saturated carbocycles. The van der Waals surface area contributed by atoms with Crippen molar-refractivity contribution in [3.63, 3.8) is 0 Å². The largest absolute Gasteiger partial charge is 0.494 e. The topological polar surface area (TPSA) is 152 Å². The van der Waals surface area contributed by atoms with E-state index in [0.717, 1.165) is 12.4 Å². The molecule has 45 heavy (non-hydrogen) atoms. The van der Waals surface area contributed by atoms with Crippen molar-refractivity contribution in [2.24, 2.45) is 0 Å². The Bertz CT molecular complexity index is 1470. The summed E-state index contributed by atoms with van der Waals surface area (Å²) in [5.74, 6) is 0.628. The molecule has 2 aliphatic heterocycles. The van der Waals surface area contributed by atoms with Crippen LogP contribution in [0.3, 0.4) is 0 Å². The molecule has 250 valence electrons. The van der Waals surface area contributed by atoms with Crippen LogP contribution in [0.5, 0.6) is 11.5 Å². The predicted molar refractivity (Wildman–Crippen MR) is 167 cm³/mol. The minimum Gasteiger partial charge on any atom is -0.494 e. The minimum atomic E-state index is -4.12. The average molecular weight is 654 g/mol. The lowest BCUT2D eigenvalue weighted by Crippen LogP contribution is -2.51. The second-order valence-electron chi connectivity index (χ2n) is 10.8. The van der Waals surface area contributed by atoms with Gasteiger partial charge in [-0.2, -0.15) is 0 Å². The van der Waals surface area contributed by atoms with Crippen molar-refractivity contribution in [1.82, 2.24) is 24.7 Å². The molecule has 2 aliphatic rings. The third-order valence-corrected chi connectivity index (χ3v) is 8.50. The molecular weight excluding hydrogens is 609 g/mol. The van der Waals surface area contributed by atoms with E-state index in [4.69, 9.17) is 23.7 Å². The number of halogens is 1. The molecule has 0 amide bonds. The van der Waals surface area contributed by atoms with Gasteiger partial charge in [0, 0.05) is 14.5 Å². The quantitative estimate of drug-likeness (QED) is 0.339. The Morgan fingerprint density at radius 1 is 1.09 bits per heavy atom. The highest BCUT2D eigenvalue weighted by Gasteiger charge is 2.39. The Kier molecular flexibility index (Phi) is 11.9. The van der Waals surface area contributed by atoms with Crippen LogP contribution in [-0.2, 0) is 24.2 Å². The summed E-state index contributed by atoms with van der Waals surface area (Å²) in [6, 6.07) is 5.18. The van der Waals surface area contributed by atoms with Gasteiger partial charge in [0.2, 0.25) is 21.9 Å². The zero-order valence-electron chi connectivity index (χ0n) is 26.5. The number of hydrogen-bond acceptors (Lipinski definition) is 12. The van der Waals surface area contributed by atoms with Crippen LogP contribution in [0.2, 0.25) is 0 Å². The number of piperidine rings is 1. The maximum Gasteiger partial charge on any atom is 0.243 e. The predicted octanol–water partition coefficient (Wildman–Crippen LogP) is 3.78. The molecule has 14 nitrogen and oxygen atoms in total. The first-order valence-electron chi connectivity index (χ1n) is 14.9. The minimum absolute atomic E-state index is 0. The number of nitrogens with zero attached hydrogens (tertiary/aromatic N) is 6. The van der Waals surface area contributed by atoms with E-state index < -0.39 is 33.3 Å². The Morgan fingerprint density at radius 2 is 1.76 bits per heavy atom. The van der Waals surface area contributed by atoms with Crippen molar-refractivity contribution in [2.75, 3.05) is 56.8 Å². The number of methoxy groups -OCH3 is 2. The second kappa shape index (κ2) is 15.6. The van der Waals surface area contributed by atoms with E-state index in [1.54, 1.807) is 23.1 Å². The summed E-state index contributed by atoms with van der Waals surface area (Å²) in [6.45, 7) is 9.34. The number of sulfonamides is 1. The number of rotatable bonds is 10. The lowest BCUT2D eigenvalue weighted by atomic mass is 10.1. The molecule has 2 aromatic heterocycles. The molecule has 3 aromatic rings. The molecule has 4 heterocycles. The van der Waals surface area contributed by atoms with Gasteiger partial charge in [-0.15, -0.1) is 10.2 Å². The fourth-order valence-corrected chi connectivity index (χ4v) is 6.44. The molecule has 1 N–H and O–H groups in total. The number of benzene rings is 1. The van der Waals surface area contributed by atoms with Gasteiger partial charge in [0.1, 0.15) is 28.5 Å². The molecule has 0 radical (unpaired) electrons. The molecular formula is C29H44FN7O7S. The fraction of sp³-hybridized carbons (Fsp3) is 0.586. The molecule has 5 rings (SSSR count). The SMILES string of the molecule is CCC.COc1cccc(OC)c1-n1c(NS(=O)(=O)[C@H]2C[C@@H](OC(C)C)CN(c3ncc(F)cn3)C2)nnc1[C@@H]1COCCO1.[HH]. The normalized spacial score (nSPS) is 20.4. The summed E-state index contributed by atoms with van der Waals surface area (Å²) < 4.78 is 74.4. The van der Waals surface area contributed by atoms with E-state index in [1.165, 1.54) is 25.2 Å². The highest BCUT2D eigenvalue weighted by Crippen LogP contribution is 2.38. The third kappa shape index (κ3) is 8.36. The van der Waals surface area contributed by atoms with Gasteiger partial charge in [0.05, 0.1) is 58.6 Å². The zero-order chi connectivity index (χ0) is 32.6. The van der Waals surface area contributed by atoms with E-state index in [1.807, 2.05) is 13.8 Å². The third-order valence-electron chi connectivity index (χ3n) is 6.82. The van der Waals surface area contributed by atoms with Crippen molar-refractivity contribution in [1.29, 1.82) is 0 Å². The van der Waals surface area contributed by atoms with Crippen molar-refractivity contribution in [3.05, 3.63) is 42.2 Å². The Hall–Kier alpha value is -3.60. The molecule has 3 atom stereocenters. The summed E-state index contributed by atoms with van der Waals surface area (Å²) in [5.41, 5.74) is 0.389. The van der Waals surface area contributed by atoms with Gasteiger partial charge >= 0.3 is 0 Å². The van der Waals surface area contributed by atoms with E-state index in [2.05, 4.69) is 38.7 Å². The van der Waals surface area contributed by atoms with Crippen LogP contribution in [0.1, 0.15) is 53.9 Å². The monoisotopic (exact) mass is 653 g/mol. The lowest BCUT2D eigenvalue weighted by Gasteiger charge is -2.37. The van der Waals surface area contributed by atoms with Gasteiger partial charge in [0.15, 0.2) is 11.6 Å². The summed E-state index contributed by atoms with van der Waals surface area (Å²) >= 11 is 0. The number of hydrogen-bond donors (Lipinski definition) is 1. The van der Waals surface area contributed by atoms with E-state index in [0.29, 0.717) is 42.8 Å². The van der Waals surface area contributed by atoms with Gasteiger partial charge in [-0.3, -0.25) is 9.29 Å². The fourth-order valence-electron chi connectivity index (χ4n) is 5.04. The zero-order valence-corrected chi connectivity index (χ0v) is 27.3. The van der Waals surface area contributed by atoms with Gasteiger partial charge in [-0.05, 0) is 32.4 Å². The Morgan fingerprint density at radius 3 is 2.33 bits per heavy atom. The van der Waals surface area contributed by atoms with Crippen LogP contribution in [-0.4, -0.2) is 97.7 Å². The van der Waals surface area contributed by atoms with E-state index >= 15 is 0 Å². The van der Waals surface area contributed by atoms with Crippen LogP contribution < -0.4 is 19.1 Å². The van der Waals surface area contributed by atoms with Gasteiger partial charge < -0.3 is 28.6 Å². The van der Waals surface area contributed by atoms with Gasteiger partial charge in [-0.1, -0.05) is 26.3 Å². The summed E-state index contributed by atoms with van der Waals surface area (Å²) in [4.78, 5) is 9.78. The molecule has 2 fully saturated rings. The summed E-state index contributed by atoms with van der Waals surface area (Å²) in [6.07, 6.45) is 2.30. The molecule has 0 spiro atoms. The maximum atomic E-state index is 14.0. The number of anilines is 2. The van der Waals surface area contributed by atoms with Crippen LogP contribution in [0.15, 0.2) is 30.6 Å². The van der Waals surface area contributed by atoms with Crippen LogP contribution in [0.4, 0.5) is 16.3 Å². The number of aromatic nitrogens is 5. The lowest BCUT2D eigenvalue weighted by molar-refractivity contribution is -0.0941. The first-order chi connectivity index (χ1) is 21.6. The maximum absolute atomic E-state index is 14.0. The molecule has 0 unspecified atom stereocenters. The Labute approximate surface area is 264 Å². The van der Waals surface area contributed by atoms with Crippen LogP contribution >= 0.6 is 0 Å². The summed E-state index contributed by atoms with van der Waals surface area (Å²) in [5, 5.41) is 7.55. The number of nitrogens with one attached hydrogen (secondary N) is 1. The molecule has 2 saturated heterocycles. The summed E-state index contributed by atoms with van der Waals surface area (Å²) in [7, 11) is -1.13. The van der Waals surface area contributed by atoms with E-state index in [9.17, 15) is 12.8 Å². The number of ether oxygens (including phenoxy) is 5. The highest BCUT2D eigenvalue weighted by molar-refractivity contribution is 7.93. The molecule has 0 bridgehead atoms. The first-order valence-corrected chi connectivity index (χ1v) is 16.4. The van der Waals surface area contributed by atoms with E-state index in [-0.39, 0.29) is 39.0 Å². The second-order valence-corrected chi connectivity index (χ2v) is 12.7. The van der Waals surface area contributed by atoms with Crippen molar-refractivity contribution < 1.29 is 37.9 Å². The standard InChI is InChI=1S/C26H34FN7O7S.C3H8.H2/c1-16(2)41-18-10-19(14-33(13-18)25-28-11-17(27)12-29-25)42(35,36)32-26-31-30-24(22-15-39-8-9-40-22)34(26)23-20(37-3)6-5-7-21(23)38-4;1-3-2;/h5-7,11-12,16,18-19,22H,8-10,13-15H2,1-4H3,(H,31,32);3H2,1-2H3;1H/t18-,19+,22+;;/m1../s1. The smallest absolute Gasteiger partial charge is 0.243 e. The Balaban J connectivity index is 0.00000139. The van der Waals surface area contributed by atoms with Crippen molar-refractivity contribution in [2.45, 2.75) is 64.1 Å². The van der Waals surface area contributed by atoms with Crippen molar-refractivity contribution >= 4 is 21.9 Å².